The zero-order chi connectivity index (χ0) is 13.5. The van der Waals surface area contributed by atoms with Crippen LogP contribution in [0.25, 0.3) is 0 Å². The lowest BCUT2D eigenvalue weighted by atomic mass is 9.96. The molecular formula is C15H17BrN2O. The van der Waals surface area contributed by atoms with E-state index in [0.717, 1.165) is 23.1 Å². The van der Waals surface area contributed by atoms with Crippen LogP contribution >= 0.6 is 15.9 Å². The predicted octanol–water partition coefficient (Wildman–Crippen LogP) is 3.04. The van der Waals surface area contributed by atoms with Crippen LogP contribution < -0.4 is 0 Å². The van der Waals surface area contributed by atoms with Crippen LogP contribution in [-0.4, -0.2) is 14.9 Å². The molecule has 0 saturated carbocycles. The lowest BCUT2D eigenvalue weighted by Gasteiger charge is -2.24. The van der Waals surface area contributed by atoms with Crippen molar-refractivity contribution < 1.29 is 5.11 Å². The van der Waals surface area contributed by atoms with Crippen LogP contribution in [0, 0.1) is 0 Å². The average molecular weight is 321 g/mol. The third-order valence-electron chi connectivity index (χ3n) is 3.76. The molecule has 100 valence electrons. The van der Waals surface area contributed by atoms with E-state index in [1.54, 1.807) is 6.20 Å². The standard InChI is InChI=1S/C15H17BrN2O/c1-2-7-18-14(13(16)10-17-18)15(19)8-11-5-3-4-6-12(11)9-15/h3-6,10,19H,2,7-9H2,1H3. The summed E-state index contributed by atoms with van der Waals surface area (Å²) in [5.41, 5.74) is 2.54. The number of hydrogen-bond acceptors (Lipinski definition) is 2. The van der Waals surface area contributed by atoms with Gasteiger partial charge in [0.25, 0.3) is 0 Å². The third-order valence-corrected chi connectivity index (χ3v) is 4.34. The van der Waals surface area contributed by atoms with Crippen molar-refractivity contribution in [2.75, 3.05) is 0 Å². The van der Waals surface area contributed by atoms with Gasteiger partial charge in [0.1, 0.15) is 5.60 Å². The molecule has 4 heteroatoms. The fourth-order valence-corrected chi connectivity index (χ4v) is 3.63. The summed E-state index contributed by atoms with van der Waals surface area (Å²) in [5, 5.41) is 15.4. The lowest BCUT2D eigenvalue weighted by molar-refractivity contribution is 0.0377. The van der Waals surface area contributed by atoms with E-state index >= 15 is 0 Å². The molecule has 3 rings (SSSR count). The highest BCUT2D eigenvalue weighted by molar-refractivity contribution is 9.10. The molecule has 3 nitrogen and oxygen atoms in total. The van der Waals surface area contributed by atoms with Gasteiger partial charge in [0, 0.05) is 19.4 Å². The SMILES string of the molecule is CCCn1ncc(Br)c1C1(O)Cc2ccccc2C1. The summed E-state index contributed by atoms with van der Waals surface area (Å²) in [7, 11) is 0. The number of hydrogen-bond donors (Lipinski definition) is 1. The van der Waals surface area contributed by atoms with Crippen molar-refractivity contribution in [2.45, 2.75) is 38.3 Å². The van der Waals surface area contributed by atoms with Gasteiger partial charge in [-0.2, -0.15) is 5.10 Å². The Balaban J connectivity index is 2.02. The van der Waals surface area contributed by atoms with E-state index in [2.05, 4.69) is 40.1 Å². The molecule has 0 saturated heterocycles. The van der Waals surface area contributed by atoms with Gasteiger partial charge in [-0.1, -0.05) is 31.2 Å². The molecule has 0 unspecified atom stereocenters. The fourth-order valence-electron chi connectivity index (χ4n) is 2.97. The summed E-state index contributed by atoms with van der Waals surface area (Å²) in [6.07, 6.45) is 4.12. The monoisotopic (exact) mass is 320 g/mol. The van der Waals surface area contributed by atoms with Crippen molar-refractivity contribution in [1.29, 1.82) is 0 Å². The van der Waals surface area contributed by atoms with Crippen molar-refractivity contribution in [1.82, 2.24) is 9.78 Å². The number of aryl methyl sites for hydroxylation is 1. The molecule has 0 radical (unpaired) electrons. The molecule has 0 spiro atoms. The molecule has 2 aromatic rings. The van der Waals surface area contributed by atoms with E-state index in [0.29, 0.717) is 12.8 Å². The van der Waals surface area contributed by atoms with Gasteiger partial charge in [-0.15, -0.1) is 0 Å². The molecule has 0 atom stereocenters. The Labute approximate surface area is 121 Å². The van der Waals surface area contributed by atoms with Gasteiger partial charge < -0.3 is 5.11 Å². The molecule has 19 heavy (non-hydrogen) atoms. The van der Waals surface area contributed by atoms with Gasteiger partial charge in [0.05, 0.1) is 16.4 Å². The molecule has 0 fully saturated rings. The highest BCUT2D eigenvalue weighted by Crippen LogP contribution is 2.40. The summed E-state index contributed by atoms with van der Waals surface area (Å²) in [6.45, 7) is 2.95. The van der Waals surface area contributed by atoms with Crippen LogP contribution in [0.5, 0.6) is 0 Å². The van der Waals surface area contributed by atoms with Crippen LogP contribution in [0.4, 0.5) is 0 Å². The van der Waals surface area contributed by atoms with Gasteiger partial charge in [-0.25, -0.2) is 0 Å². The number of nitrogens with zero attached hydrogens (tertiary/aromatic N) is 2. The highest BCUT2D eigenvalue weighted by atomic mass is 79.9. The maximum Gasteiger partial charge on any atom is 0.115 e. The quantitative estimate of drug-likeness (QED) is 0.944. The summed E-state index contributed by atoms with van der Waals surface area (Å²) in [6, 6.07) is 8.26. The van der Waals surface area contributed by atoms with E-state index in [1.165, 1.54) is 11.1 Å². The molecule has 1 aromatic carbocycles. The average Bonchev–Trinajstić information content (AvgIpc) is 2.90. The minimum absolute atomic E-state index is 0.664. The summed E-state index contributed by atoms with van der Waals surface area (Å²) in [4.78, 5) is 0. The Kier molecular flexibility index (Phi) is 3.23. The Hall–Kier alpha value is -1.13. The normalized spacial score (nSPS) is 16.6. The molecule has 1 aromatic heterocycles. The Morgan fingerprint density at radius 2 is 1.95 bits per heavy atom. The second kappa shape index (κ2) is 4.76. The Morgan fingerprint density at radius 1 is 1.32 bits per heavy atom. The number of aliphatic hydroxyl groups is 1. The van der Waals surface area contributed by atoms with Crippen LogP contribution in [0.2, 0.25) is 0 Å². The van der Waals surface area contributed by atoms with Crippen molar-refractivity contribution in [3.05, 3.63) is 51.8 Å². The largest absolute Gasteiger partial charge is 0.383 e. The molecule has 0 amide bonds. The Bertz CT molecular complexity index is 581. The molecular weight excluding hydrogens is 304 g/mol. The van der Waals surface area contributed by atoms with Crippen molar-refractivity contribution >= 4 is 15.9 Å². The summed E-state index contributed by atoms with van der Waals surface area (Å²) >= 11 is 3.53. The first-order valence-corrected chi connectivity index (χ1v) is 7.44. The third kappa shape index (κ3) is 2.13. The fraction of sp³-hybridized carbons (Fsp3) is 0.400. The number of rotatable bonds is 3. The minimum Gasteiger partial charge on any atom is -0.383 e. The van der Waals surface area contributed by atoms with E-state index in [-0.39, 0.29) is 0 Å². The lowest BCUT2D eigenvalue weighted by Crippen LogP contribution is -2.30. The second-order valence-corrected chi connectivity index (χ2v) is 6.07. The molecule has 0 aliphatic heterocycles. The first kappa shape index (κ1) is 12.9. The molecule has 1 aliphatic carbocycles. The van der Waals surface area contributed by atoms with Crippen molar-refractivity contribution in [2.24, 2.45) is 0 Å². The number of benzene rings is 1. The van der Waals surface area contributed by atoms with Crippen LogP contribution in [-0.2, 0) is 25.0 Å². The van der Waals surface area contributed by atoms with Crippen molar-refractivity contribution in [3.8, 4) is 0 Å². The first-order chi connectivity index (χ1) is 9.14. The van der Waals surface area contributed by atoms with Gasteiger partial charge in [0.2, 0.25) is 0 Å². The molecule has 0 bridgehead atoms. The van der Waals surface area contributed by atoms with E-state index in [4.69, 9.17) is 0 Å². The smallest absolute Gasteiger partial charge is 0.115 e. The Morgan fingerprint density at radius 3 is 2.53 bits per heavy atom. The van der Waals surface area contributed by atoms with E-state index in [9.17, 15) is 5.11 Å². The van der Waals surface area contributed by atoms with Crippen molar-refractivity contribution in [3.63, 3.8) is 0 Å². The first-order valence-electron chi connectivity index (χ1n) is 6.65. The predicted molar refractivity (Wildman–Crippen MR) is 78.0 cm³/mol. The van der Waals surface area contributed by atoms with E-state index < -0.39 is 5.60 Å². The number of fused-ring (bicyclic) bond motifs is 1. The minimum atomic E-state index is -0.839. The van der Waals surface area contributed by atoms with Gasteiger partial charge >= 0.3 is 0 Å². The van der Waals surface area contributed by atoms with Gasteiger partial charge in [-0.3, -0.25) is 4.68 Å². The van der Waals surface area contributed by atoms with Crippen LogP contribution in [0.1, 0.15) is 30.2 Å². The molecule has 1 aliphatic rings. The zero-order valence-corrected chi connectivity index (χ0v) is 12.5. The summed E-state index contributed by atoms with van der Waals surface area (Å²) < 4.78 is 2.83. The maximum atomic E-state index is 11.1. The molecule has 1 heterocycles. The van der Waals surface area contributed by atoms with Gasteiger partial charge in [0.15, 0.2) is 0 Å². The maximum absolute atomic E-state index is 11.1. The number of halogens is 1. The second-order valence-electron chi connectivity index (χ2n) is 5.22. The van der Waals surface area contributed by atoms with E-state index in [1.807, 2.05) is 16.8 Å². The zero-order valence-electron chi connectivity index (χ0n) is 10.9. The highest BCUT2D eigenvalue weighted by Gasteiger charge is 2.40. The summed E-state index contributed by atoms with van der Waals surface area (Å²) in [5.74, 6) is 0. The van der Waals surface area contributed by atoms with Crippen LogP contribution in [0.3, 0.4) is 0 Å². The van der Waals surface area contributed by atoms with Gasteiger partial charge in [-0.05, 0) is 33.5 Å². The number of aromatic nitrogens is 2. The topological polar surface area (TPSA) is 38.0 Å². The molecule has 1 N–H and O–H groups in total. The van der Waals surface area contributed by atoms with Crippen LogP contribution in [0.15, 0.2) is 34.9 Å².